The highest BCUT2D eigenvalue weighted by Crippen LogP contribution is 2.43. The Morgan fingerprint density at radius 3 is 2.18 bits per heavy atom. The summed E-state index contributed by atoms with van der Waals surface area (Å²) < 4.78 is 39.2. The molecule has 4 heteroatoms. The third-order valence-corrected chi connectivity index (χ3v) is 3.20. The standard InChI is InChI=1S/C13H15F3N/c1-17(2)9-8-11(13(14,15)16)12(17)10-6-4-3-5-7-10/h3-7H,8-9H2,1-2H3/q+1. The van der Waals surface area contributed by atoms with Crippen LogP contribution in [0, 0.1) is 0 Å². The maximum absolute atomic E-state index is 13.0. The fraction of sp³-hybridized carbons (Fsp3) is 0.385. The molecule has 1 nitrogen and oxygen atoms in total. The molecular weight excluding hydrogens is 227 g/mol. The number of quaternary nitrogens is 1. The van der Waals surface area contributed by atoms with E-state index in [0.717, 1.165) is 0 Å². The Labute approximate surface area is 98.8 Å². The van der Waals surface area contributed by atoms with Crippen LogP contribution in [0.3, 0.4) is 0 Å². The van der Waals surface area contributed by atoms with Gasteiger partial charge in [-0.2, -0.15) is 13.2 Å². The minimum atomic E-state index is -4.23. The van der Waals surface area contributed by atoms with Crippen LogP contribution in [0.15, 0.2) is 35.9 Å². The van der Waals surface area contributed by atoms with Crippen molar-refractivity contribution in [2.75, 3.05) is 20.6 Å². The highest BCUT2D eigenvalue weighted by molar-refractivity contribution is 5.65. The smallest absolute Gasteiger partial charge is 0.295 e. The number of rotatable bonds is 1. The molecule has 2 rings (SSSR count). The van der Waals surface area contributed by atoms with E-state index < -0.39 is 6.18 Å². The molecule has 0 fully saturated rings. The van der Waals surface area contributed by atoms with Gasteiger partial charge >= 0.3 is 6.18 Å². The average Bonchev–Trinajstić information content (AvgIpc) is 2.55. The highest BCUT2D eigenvalue weighted by atomic mass is 19.4. The molecule has 0 amide bonds. The summed E-state index contributed by atoms with van der Waals surface area (Å²) in [5.41, 5.74) is 0.689. The SMILES string of the molecule is C[N+]1(C)CCC(C(F)(F)F)=C1c1ccccc1. The van der Waals surface area contributed by atoms with Gasteiger partial charge in [0.15, 0.2) is 0 Å². The monoisotopic (exact) mass is 242 g/mol. The molecule has 0 radical (unpaired) electrons. The van der Waals surface area contributed by atoms with Crippen LogP contribution < -0.4 is 0 Å². The first-order valence-electron chi connectivity index (χ1n) is 5.52. The van der Waals surface area contributed by atoms with Crippen molar-refractivity contribution in [3.8, 4) is 0 Å². The fourth-order valence-electron chi connectivity index (χ4n) is 2.38. The van der Waals surface area contributed by atoms with Crippen LogP contribution >= 0.6 is 0 Å². The number of alkyl halides is 3. The van der Waals surface area contributed by atoms with Crippen LogP contribution in [-0.2, 0) is 0 Å². The van der Waals surface area contributed by atoms with Crippen LogP contribution in [0.4, 0.5) is 13.2 Å². The molecule has 17 heavy (non-hydrogen) atoms. The second-order valence-electron chi connectivity index (χ2n) is 4.85. The van der Waals surface area contributed by atoms with E-state index in [0.29, 0.717) is 22.3 Å². The van der Waals surface area contributed by atoms with E-state index in [9.17, 15) is 13.2 Å². The van der Waals surface area contributed by atoms with Gasteiger partial charge in [0.05, 0.1) is 20.6 Å². The summed E-state index contributed by atoms with van der Waals surface area (Å²) in [4.78, 5) is 0. The van der Waals surface area contributed by atoms with Gasteiger partial charge in [-0.1, -0.05) is 18.2 Å². The summed E-state index contributed by atoms with van der Waals surface area (Å²) in [7, 11) is 3.64. The summed E-state index contributed by atoms with van der Waals surface area (Å²) in [6.07, 6.45) is -4.13. The first kappa shape index (κ1) is 12.2. The maximum atomic E-state index is 13.0. The molecule has 1 heterocycles. The predicted molar refractivity (Wildman–Crippen MR) is 61.0 cm³/mol. The first-order chi connectivity index (χ1) is 7.82. The molecule has 0 unspecified atom stereocenters. The van der Waals surface area contributed by atoms with Crippen LogP contribution in [0.25, 0.3) is 5.70 Å². The third kappa shape index (κ3) is 2.22. The van der Waals surface area contributed by atoms with Crippen molar-refractivity contribution >= 4 is 5.70 Å². The zero-order chi connectivity index (χ0) is 12.7. The molecule has 1 aromatic rings. The minimum absolute atomic E-state index is 0.0979. The van der Waals surface area contributed by atoms with E-state index in [1.165, 1.54) is 0 Å². The molecule has 0 saturated heterocycles. The van der Waals surface area contributed by atoms with Crippen molar-refractivity contribution in [2.24, 2.45) is 0 Å². The molecule has 0 bridgehead atoms. The first-order valence-corrected chi connectivity index (χ1v) is 5.52. The Hall–Kier alpha value is -1.29. The van der Waals surface area contributed by atoms with E-state index in [-0.39, 0.29) is 12.0 Å². The van der Waals surface area contributed by atoms with Gasteiger partial charge in [-0.3, -0.25) is 4.48 Å². The van der Waals surface area contributed by atoms with E-state index in [2.05, 4.69) is 0 Å². The lowest BCUT2D eigenvalue weighted by Gasteiger charge is -2.27. The number of hydrogen-bond acceptors (Lipinski definition) is 0. The zero-order valence-corrected chi connectivity index (χ0v) is 9.88. The molecule has 0 atom stereocenters. The molecule has 1 aliphatic heterocycles. The molecule has 0 aliphatic carbocycles. The Kier molecular flexibility index (Phi) is 2.78. The number of benzene rings is 1. The number of nitrogens with zero attached hydrogens (tertiary/aromatic N) is 1. The lowest BCUT2D eigenvalue weighted by atomic mass is 10.1. The fourth-order valence-corrected chi connectivity index (χ4v) is 2.38. The largest absolute Gasteiger partial charge is 0.418 e. The molecule has 0 saturated carbocycles. The van der Waals surface area contributed by atoms with Crippen molar-refractivity contribution in [1.82, 2.24) is 0 Å². The second kappa shape index (κ2) is 3.88. The normalized spacial score (nSPS) is 19.8. The minimum Gasteiger partial charge on any atom is -0.295 e. The highest BCUT2D eigenvalue weighted by Gasteiger charge is 2.46. The quantitative estimate of drug-likeness (QED) is 0.662. The van der Waals surface area contributed by atoms with Crippen LogP contribution in [0.2, 0.25) is 0 Å². The molecule has 1 aromatic carbocycles. The van der Waals surface area contributed by atoms with Crippen LogP contribution in [0.1, 0.15) is 12.0 Å². The summed E-state index contributed by atoms with van der Waals surface area (Å²) >= 11 is 0. The summed E-state index contributed by atoms with van der Waals surface area (Å²) in [5.74, 6) is 0. The summed E-state index contributed by atoms with van der Waals surface area (Å²) in [5, 5.41) is 0. The van der Waals surface area contributed by atoms with Gasteiger partial charge in [0.25, 0.3) is 0 Å². The lowest BCUT2D eigenvalue weighted by Crippen LogP contribution is -2.34. The molecule has 92 valence electrons. The van der Waals surface area contributed by atoms with Crippen LogP contribution in [0.5, 0.6) is 0 Å². The third-order valence-electron chi connectivity index (χ3n) is 3.20. The van der Waals surface area contributed by atoms with Gasteiger partial charge in [0, 0.05) is 12.0 Å². The van der Waals surface area contributed by atoms with Crippen molar-refractivity contribution in [3.63, 3.8) is 0 Å². The molecule has 0 N–H and O–H groups in total. The van der Waals surface area contributed by atoms with Gasteiger partial charge in [0.1, 0.15) is 11.3 Å². The topological polar surface area (TPSA) is 0 Å². The van der Waals surface area contributed by atoms with Crippen molar-refractivity contribution < 1.29 is 17.7 Å². The number of halogens is 3. The Balaban J connectivity index is 2.59. The average molecular weight is 242 g/mol. The zero-order valence-electron chi connectivity index (χ0n) is 9.88. The summed E-state index contributed by atoms with van der Waals surface area (Å²) in [6, 6.07) is 8.84. The van der Waals surface area contributed by atoms with Gasteiger partial charge < -0.3 is 0 Å². The van der Waals surface area contributed by atoms with Gasteiger partial charge in [-0.25, -0.2) is 0 Å². The van der Waals surface area contributed by atoms with Gasteiger partial charge in [-0.05, 0) is 12.1 Å². The van der Waals surface area contributed by atoms with E-state index in [1.54, 1.807) is 24.3 Å². The van der Waals surface area contributed by atoms with E-state index >= 15 is 0 Å². The van der Waals surface area contributed by atoms with Crippen molar-refractivity contribution in [1.29, 1.82) is 0 Å². The molecular formula is C13H15F3N+. The van der Waals surface area contributed by atoms with Crippen molar-refractivity contribution in [2.45, 2.75) is 12.6 Å². The van der Waals surface area contributed by atoms with Crippen LogP contribution in [-0.4, -0.2) is 31.3 Å². The van der Waals surface area contributed by atoms with Gasteiger partial charge in [0.2, 0.25) is 0 Å². The maximum Gasteiger partial charge on any atom is 0.418 e. The lowest BCUT2D eigenvalue weighted by molar-refractivity contribution is -0.812. The molecule has 1 aliphatic rings. The second-order valence-corrected chi connectivity index (χ2v) is 4.85. The Morgan fingerprint density at radius 1 is 1.06 bits per heavy atom. The van der Waals surface area contributed by atoms with Gasteiger partial charge in [-0.15, -0.1) is 0 Å². The Bertz CT molecular complexity index is 443. The Morgan fingerprint density at radius 2 is 1.65 bits per heavy atom. The number of hydrogen-bond donors (Lipinski definition) is 0. The molecule has 0 aromatic heterocycles. The molecule has 0 spiro atoms. The summed E-state index contributed by atoms with van der Waals surface area (Å²) in [6.45, 7) is 0.499. The van der Waals surface area contributed by atoms with E-state index in [4.69, 9.17) is 0 Å². The van der Waals surface area contributed by atoms with Crippen molar-refractivity contribution in [3.05, 3.63) is 41.5 Å². The van der Waals surface area contributed by atoms with E-state index in [1.807, 2.05) is 20.2 Å². The predicted octanol–water partition coefficient (Wildman–Crippen LogP) is 3.44.